The first-order chi connectivity index (χ1) is 14.0. The largest absolute Gasteiger partial charge is 0.392 e. The summed E-state index contributed by atoms with van der Waals surface area (Å²) in [6.07, 6.45) is 3.54. The van der Waals surface area contributed by atoms with Crippen LogP contribution in [0.4, 0.5) is 0 Å². The molecule has 0 spiro atoms. The van der Waals surface area contributed by atoms with Crippen LogP contribution in [0.15, 0.2) is 54.9 Å². The monoisotopic (exact) mass is 403 g/mol. The number of aryl methyl sites for hydroxylation is 2. The molecular formula is C24H22ClN3O. The van der Waals surface area contributed by atoms with Gasteiger partial charge in [-0.1, -0.05) is 29.8 Å². The number of nitrogens with zero attached hydrogens (tertiary/aromatic N) is 2. The summed E-state index contributed by atoms with van der Waals surface area (Å²) in [5.41, 5.74) is 8.99. The lowest BCUT2D eigenvalue weighted by atomic mass is 9.93. The highest BCUT2D eigenvalue weighted by atomic mass is 35.5. The molecule has 2 N–H and O–H groups in total. The standard InChI is InChI=1S/C24H22ClN3O/c1-14-12-15(2)21(16(3)20(14)13-29)24-27-22(17-4-6-19(25)7-5-17)23(28-24)18-8-10-26-11-9-18/h4-12,29H,13H2,1-3H3,(H,27,28). The van der Waals surface area contributed by atoms with Gasteiger partial charge in [0.2, 0.25) is 0 Å². The van der Waals surface area contributed by atoms with Crippen LogP contribution in [0.3, 0.4) is 0 Å². The molecule has 4 aromatic rings. The van der Waals surface area contributed by atoms with Crippen LogP contribution >= 0.6 is 11.6 Å². The van der Waals surface area contributed by atoms with Gasteiger partial charge in [0.25, 0.3) is 0 Å². The molecule has 0 aliphatic heterocycles. The number of imidazole rings is 1. The zero-order valence-corrected chi connectivity index (χ0v) is 17.4. The van der Waals surface area contributed by atoms with Crippen LogP contribution in [0.5, 0.6) is 0 Å². The molecule has 0 bridgehead atoms. The number of benzene rings is 2. The molecule has 29 heavy (non-hydrogen) atoms. The number of nitrogens with one attached hydrogen (secondary N) is 1. The lowest BCUT2D eigenvalue weighted by Gasteiger charge is -2.14. The summed E-state index contributed by atoms with van der Waals surface area (Å²) in [6, 6.07) is 13.7. The Morgan fingerprint density at radius 3 is 2.28 bits per heavy atom. The molecule has 0 atom stereocenters. The molecular weight excluding hydrogens is 382 g/mol. The number of rotatable bonds is 4. The molecule has 0 unspecified atom stereocenters. The van der Waals surface area contributed by atoms with Crippen LogP contribution < -0.4 is 0 Å². The van der Waals surface area contributed by atoms with E-state index in [0.29, 0.717) is 5.02 Å². The maximum Gasteiger partial charge on any atom is 0.139 e. The highest BCUT2D eigenvalue weighted by molar-refractivity contribution is 6.30. The Balaban J connectivity index is 1.97. The van der Waals surface area contributed by atoms with Crippen LogP contribution in [-0.4, -0.2) is 20.1 Å². The zero-order chi connectivity index (χ0) is 20.5. The van der Waals surface area contributed by atoms with Gasteiger partial charge in [0.05, 0.1) is 18.0 Å². The van der Waals surface area contributed by atoms with E-state index >= 15 is 0 Å². The third-order valence-electron chi connectivity index (χ3n) is 5.32. The molecule has 2 heterocycles. The molecule has 2 aromatic carbocycles. The first-order valence-electron chi connectivity index (χ1n) is 9.47. The van der Waals surface area contributed by atoms with Crippen molar-refractivity contribution in [2.75, 3.05) is 0 Å². The second-order valence-electron chi connectivity index (χ2n) is 7.20. The Hall–Kier alpha value is -2.95. The van der Waals surface area contributed by atoms with Gasteiger partial charge in [0, 0.05) is 34.1 Å². The zero-order valence-electron chi connectivity index (χ0n) is 16.6. The molecule has 146 valence electrons. The van der Waals surface area contributed by atoms with Crippen molar-refractivity contribution in [1.82, 2.24) is 15.0 Å². The topological polar surface area (TPSA) is 61.8 Å². The van der Waals surface area contributed by atoms with E-state index in [1.54, 1.807) is 12.4 Å². The molecule has 0 fully saturated rings. The average Bonchev–Trinajstić information content (AvgIpc) is 3.14. The molecule has 0 radical (unpaired) electrons. The van der Waals surface area contributed by atoms with E-state index in [1.165, 1.54) is 0 Å². The van der Waals surface area contributed by atoms with Gasteiger partial charge in [-0.2, -0.15) is 0 Å². The summed E-state index contributed by atoms with van der Waals surface area (Å²) >= 11 is 6.09. The maximum absolute atomic E-state index is 9.85. The van der Waals surface area contributed by atoms with Gasteiger partial charge in [0.1, 0.15) is 5.82 Å². The van der Waals surface area contributed by atoms with Crippen LogP contribution in [0, 0.1) is 20.8 Å². The van der Waals surface area contributed by atoms with E-state index in [4.69, 9.17) is 16.6 Å². The van der Waals surface area contributed by atoms with E-state index in [0.717, 1.165) is 56.2 Å². The van der Waals surface area contributed by atoms with Crippen molar-refractivity contribution in [3.63, 3.8) is 0 Å². The Morgan fingerprint density at radius 1 is 0.931 bits per heavy atom. The highest BCUT2D eigenvalue weighted by Gasteiger charge is 2.19. The van der Waals surface area contributed by atoms with E-state index in [9.17, 15) is 5.11 Å². The SMILES string of the molecule is Cc1cc(C)c(-c2nc(-c3ccc(Cl)cc3)c(-c3ccncc3)[nH]2)c(C)c1CO. The minimum atomic E-state index is 0.00685. The number of hydrogen-bond acceptors (Lipinski definition) is 3. The van der Waals surface area contributed by atoms with E-state index in [-0.39, 0.29) is 6.61 Å². The lowest BCUT2D eigenvalue weighted by molar-refractivity contribution is 0.280. The lowest BCUT2D eigenvalue weighted by Crippen LogP contribution is -2.00. The normalized spacial score (nSPS) is 11.1. The van der Waals surface area contributed by atoms with Gasteiger partial charge in [-0.25, -0.2) is 4.98 Å². The number of aromatic nitrogens is 3. The minimum absolute atomic E-state index is 0.00685. The smallest absolute Gasteiger partial charge is 0.139 e. The Kier molecular flexibility index (Phi) is 5.22. The van der Waals surface area contributed by atoms with Crippen molar-refractivity contribution in [1.29, 1.82) is 0 Å². The predicted octanol–water partition coefficient (Wildman–Crippen LogP) is 5.88. The number of H-pyrrole nitrogens is 1. The van der Waals surface area contributed by atoms with Crippen LogP contribution in [-0.2, 0) is 6.61 Å². The van der Waals surface area contributed by atoms with Crippen LogP contribution in [0.25, 0.3) is 33.9 Å². The van der Waals surface area contributed by atoms with E-state index in [2.05, 4.69) is 23.0 Å². The quantitative estimate of drug-likeness (QED) is 0.447. The number of aliphatic hydroxyl groups is 1. The number of aromatic amines is 1. The van der Waals surface area contributed by atoms with Gasteiger partial charge in [-0.3, -0.25) is 4.98 Å². The molecule has 0 amide bonds. The summed E-state index contributed by atoms with van der Waals surface area (Å²) in [5, 5.41) is 10.5. The molecule has 0 saturated heterocycles. The number of hydrogen-bond donors (Lipinski definition) is 2. The fourth-order valence-electron chi connectivity index (χ4n) is 3.87. The number of pyridine rings is 1. The maximum atomic E-state index is 9.85. The number of aliphatic hydroxyl groups excluding tert-OH is 1. The highest BCUT2D eigenvalue weighted by Crippen LogP contribution is 2.36. The summed E-state index contributed by atoms with van der Waals surface area (Å²) < 4.78 is 0. The molecule has 4 nitrogen and oxygen atoms in total. The van der Waals surface area contributed by atoms with Crippen molar-refractivity contribution in [2.24, 2.45) is 0 Å². The first-order valence-corrected chi connectivity index (χ1v) is 9.84. The Morgan fingerprint density at radius 2 is 1.62 bits per heavy atom. The number of halogens is 1. The summed E-state index contributed by atoms with van der Waals surface area (Å²) in [5.74, 6) is 0.784. The van der Waals surface area contributed by atoms with Crippen molar-refractivity contribution >= 4 is 11.6 Å². The third-order valence-corrected chi connectivity index (χ3v) is 5.57. The van der Waals surface area contributed by atoms with Crippen molar-refractivity contribution in [3.8, 4) is 33.9 Å². The minimum Gasteiger partial charge on any atom is -0.392 e. The second-order valence-corrected chi connectivity index (χ2v) is 7.64. The van der Waals surface area contributed by atoms with Crippen molar-refractivity contribution in [3.05, 3.63) is 82.1 Å². The summed E-state index contributed by atoms with van der Waals surface area (Å²) in [4.78, 5) is 12.6. The predicted molar refractivity (Wildman–Crippen MR) is 118 cm³/mol. The van der Waals surface area contributed by atoms with E-state index in [1.807, 2.05) is 50.2 Å². The van der Waals surface area contributed by atoms with Gasteiger partial charge in [0.15, 0.2) is 0 Å². The Labute approximate surface area is 175 Å². The van der Waals surface area contributed by atoms with Crippen LogP contribution in [0.1, 0.15) is 22.3 Å². The second kappa shape index (κ2) is 7.82. The third kappa shape index (κ3) is 3.57. The average molecular weight is 404 g/mol. The molecule has 0 aliphatic carbocycles. The van der Waals surface area contributed by atoms with Gasteiger partial charge in [-0.05, 0) is 67.3 Å². The summed E-state index contributed by atoms with van der Waals surface area (Å²) in [7, 11) is 0. The Bertz CT molecular complexity index is 1170. The van der Waals surface area contributed by atoms with E-state index < -0.39 is 0 Å². The van der Waals surface area contributed by atoms with Gasteiger partial charge in [-0.15, -0.1) is 0 Å². The molecule has 4 rings (SSSR count). The van der Waals surface area contributed by atoms with Gasteiger partial charge < -0.3 is 10.1 Å². The molecule has 0 saturated carbocycles. The van der Waals surface area contributed by atoms with Gasteiger partial charge >= 0.3 is 0 Å². The molecule has 0 aliphatic rings. The van der Waals surface area contributed by atoms with Crippen LogP contribution in [0.2, 0.25) is 5.02 Å². The summed E-state index contributed by atoms with van der Waals surface area (Å²) in [6.45, 7) is 6.15. The first kappa shape index (κ1) is 19.4. The fourth-order valence-corrected chi connectivity index (χ4v) is 4.00. The molecule has 5 heteroatoms. The molecule has 2 aromatic heterocycles. The van der Waals surface area contributed by atoms with Crippen molar-refractivity contribution < 1.29 is 5.11 Å². The van der Waals surface area contributed by atoms with Crippen molar-refractivity contribution in [2.45, 2.75) is 27.4 Å². The fraction of sp³-hybridized carbons (Fsp3) is 0.167.